The molecule has 2 saturated heterocycles. The minimum atomic E-state index is -0.232. The SMILES string of the molecule is CCOC(=O)N1CC2(CN(c3cncc(C#N)c3)C2)C1(C)C. The summed E-state index contributed by atoms with van der Waals surface area (Å²) in [5.41, 5.74) is 1.42. The second-order valence-corrected chi connectivity index (χ2v) is 6.52. The number of rotatable bonds is 2. The fourth-order valence-corrected chi connectivity index (χ4v) is 3.40. The Balaban J connectivity index is 1.68. The summed E-state index contributed by atoms with van der Waals surface area (Å²) in [4.78, 5) is 20.1. The third-order valence-electron chi connectivity index (χ3n) is 5.13. The van der Waals surface area contributed by atoms with Crippen molar-refractivity contribution in [2.75, 3.05) is 31.1 Å². The van der Waals surface area contributed by atoms with Crippen molar-refractivity contribution in [2.45, 2.75) is 26.3 Å². The Bertz CT molecular complexity index is 644. The maximum absolute atomic E-state index is 11.9. The lowest BCUT2D eigenvalue weighted by atomic mass is 9.58. The number of carbonyl (C=O) groups is 1. The van der Waals surface area contributed by atoms with Gasteiger partial charge < -0.3 is 14.5 Å². The number of hydrogen-bond acceptors (Lipinski definition) is 5. The zero-order valence-electron chi connectivity index (χ0n) is 13.2. The van der Waals surface area contributed by atoms with E-state index in [1.54, 1.807) is 17.3 Å². The van der Waals surface area contributed by atoms with Gasteiger partial charge in [0.2, 0.25) is 0 Å². The van der Waals surface area contributed by atoms with Crippen LogP contribution in [0.4, 0.5) is 10.5 Å². The molecule has 2 aliphatic heterocycles. The van der Waals surface area contributed by atoms with E-state index >= 15 is 0 Å². The number of hydrogen-bond donors (Lipinski definition) is 0. The monoisotopic (exact) mass is 300 g/mol. The summed E-state index contributed by atoms with van der Waals surface area (Å²) < 4.78 is 5.11. The van der Waals surface area contributed by atoms with Crippen LogP contribution in [0, 0.1) is 16.7 Å². The Morgan fingerprint density at radius 1 is 1.41 bits per heavy atom. The van der Waals surface area contributed by atoms with E-state index in [1.807, 2.05) is 13.0 Å². The quantitative estimate of drug-likeness (QED) is 0.835. The standard InChI is InChI=1S/C16H20N4O2/c1-4-22-14(21)20-11-16(15(20,2)3)9-19(10-16)13-5-12(6-17)7-18-8-13/h5,7-8H,4,9-11H2,1-3H3. The van der Waals surface area contributed by atoms with Crippen LogP contribution in [-0.2, 0) is 4.74 Å². The summed E-state index contributed by atoms with van der Waals surface area (Å²) in [6, 6.07) is 3.97. The molecule has 1 amide bonds. The summed E-state index contributed by atoms with van der Waals surface area (Å²) in [5, 5.41) is 8.96. The first-order valence-corrected chi connectivity index (χ1v) is 7.48. The molecule has 22 heavy (non-hydrogen) atoms. The highest BCUT2D eigenvalue weighted by molar-refractivity contribution is 5.71. The van der Waals surface area contributed by atoms with Crippen LogP contribution in [0.5, 0.6) is 0 Å². The van der Waals surface area contributed by atoms with Crippen molar-refractivity contribution in [1.29, 1.82) is 5.26 Å². The Morgan fingerprint density at radius 2 is 2.14 bits per heavy atom. The first-order chi connectivity index (χ1) is 10.4. The van der Waals surface area contributed by atoms with Crippen molar-refractivity contribution >= 4 is 11.8 Å². The number of nitriles is 1. The molecule has 0 bridgehead atoms. The summed E-state index contributed by atoms with van der Waals surface area (Å²) in [6.45, 7) is 8.86. The van der Waals surface area contributed by atoms with Gasteiger partial charge in [0.15, 0.2) is 0 Å². The predicted octanol–water partition coefficient (Wildman–Crippen LogP) is 2.01. The van der Waals surface area contributed by atoms with Crippen LogP contribution in [0.25, 0.3) is 0 Å². The number of anilines is 1. The van der Waals surface area contributed by atoms with E-state index in [2.05, 4.69) is 29.8 Å². The van der Waals surface area contributed by atoms with E-state index in [0.717, 1.165) is 25.3 Å². The summed E-state index contributed by atoms with van der Waals surface area (Å²) in [5.74, 6) is 0. The maximum atomic E-state index is 11.9. The predicted molar refractivity (Wildman–Crippen MR) is 81.4 cm³/mol. The van der Waals surface area contributed by atoms with Crippen LogP contribution >= 0.6 is 0 Å². The van der Waals surface area contributed by atoms with Crippen molar-refractivity contribution in [3.63, 3.8) is 0 Å². The molecular formula is C16H20N4O2. The number of ether oxygens (including phenoxy) is 1. The third kappa shape index (κ3) is 1.92. The van der Waals surface area contributed by atoms with Crippen LogP contribution in [0.1, 0.15) is 26.3 Å². The van der Waals surface area contributed by atoms with Gasteiger partial charge in [-0.15, -0.1) is 0 Å². The number of amides is 1. The number of pyridine rings is 1. The van der Waals surface area contributed by atoms with Crippen LogP contribution in [-0.4, -0.2) is 47.8 Å². The van der Waals surface area contributed by atoms with Crippen LogP contribution < -0.4 is 4.90 Å². The lowest BCUT2D eigenvalue weighted by Gasteiger charge is -2.70. The van der Waals surface area contributed by atoms with Crippen molar-refractivity contribution in [2.24, 2.45) is 5.41 Å². The molecule has 0 N–H and O–H groups in total. The molecule has 0 aliphatic carbocycles. The first kappa shape index (κ1) is 14.6. The average molecular weight is 300 g/mol. The first-order valence-electron chi connectivity index (χ1n) is 7.48. The largest absolute Gasteiger partial charge is 0.450 e. The molecule has 3 heterocycles. The minimum Gasteiger partial charge on any atom is -0.450 e. The van der Waals surface area contributed by atoms with Gasteiger partial charge in [0, 0.05) is 31.2 Å². The smallest absolute Gasteiger partial charge is 0.410 e. The van der Waals surface area contributed by atoms with Crippen molar-refractivity contribution in [3.05, 3.63) is 24.0 Å². The molecule has 3 rings (SSSR count). The molecule has 2 aliphatic rings. The second-order valence-electron chi connectivity index (χ2n) is 6.52. The Hall–Kier alpha value is -2.29. The van der Waals surface area contributed by atoms with E-state index in [1.165, 1.54) is 0 Å². The molecule has 6 nitrogen and oxygen atoms in total. The van der Waals surface area contributed by atoms with Gasteiger partial charge in [0.25, 0.3) is 0 Å². The topological polar surface area (TPSA) is 69.5 Å². The van der Waals surface area contributed by atoms with E-state index in [9.17, 15) is 4.79 Å². The lowest BCUT2D eigenvalue weighted by Crippen LogP contribution is -2.83. The molecule has 6 heteroatoms. The molecule has 0 unspecified atom stereocenters. The van der Waals surface area contributed by atoms with Gasteiger partial charge in [-0.25, -0.2) is 4.79 Å². The molecule has 1 spiro atoms. The van der Waals surface area contributed by atoms with E-state index < -0.39 is 0 Å². The van der Waals surface area contributed by atoms with Crippen LogP contribution in [0.3, 0.4) is 0 Å². The van der Waals surface area contributed by atoms with Gasteiger partial charge in [-0.2, -0.15) is 5.26 Å². The maximum Gasteiger partial charge on any atom is 0.410 e. The summed E-state index contributed by atoms with van der Waals surface area (Å²) in [6.07, 6.45) is 3.11. The Kier molecular flexibility index (Phi) is 3.24. The average Bonchev–Trinajstić information content (AvgIpc) is 2.45. The highest BCUT2D eigenvalue weighted by Crippen LogP contribution is 2.53. The van der Waals surface area contributed by atoms with Crippen LogP contribution in [0.2, 0.25) is 0 Å². The van der Waals surface area contributed by atoms with Crippen LogP contribution in [0.15, 0.2) is 18.5 Å². The van der Waals surface area contributed by atoms with E-state index in [4.69, 9.17) is 10.00 Å². The summed E-state index contributed by atoms with van der Waals surface area (Å²) in [7, 11) is 0. The molecule has 0 aromatic carbocycles. The van der Waals surface area contributed by atoms with Crippen molar-refractivity contribution in [3.8, 4) is 6.07 Å². The van der Waals surface area contributed by atoms with Gasteiger partial charge in [-0.3, -0.25) is 4.98 Å². The fourth-order valence-electron chi connectivity index (χ4n) is 3.40. The number of nitrogens with zero attached hydrogens (tertiary/aromatic N) is 4. The minimum absolute atomic E-state index is 0.0996. The number of aromatic nitrogens is 1. The van der Waals surface area contributed by atoms with E-state index in [0.29, 0.717) is 12.2 Å². The van der Waals surface area contributed by atoms with Crippen molar-refractivity contribution < 1.29 is 9.53 Å². The van der Waals surface area contributed by atoms with Gasteiger partial charge in [0.05, 0.1) is 29.6 Å². The molecule has 0 atom stereocenters. The molecule has 0 radical (unpaired) electrons. The number of likely N-dealkylation sites (tertiary alicyclic amines) is 1. The highest BCUT2D eigenvalue weighted by Gasteiger charge is 2.66. The lowest BCUT2D eigenvalue weighted by molar-refractivity contribution is -0.135. The second kappa shape index (κ2) is 4.87. The summed E-state index contributed by atoms with van der Waals surface area (Å²) >= 11 is 0. The van der Waals surface area contributed by atoms with Gasteiger partial charge in [-0.05, 0) is 26.8 Å². The van der Waals surface area contributed by atoms with Crippen molar-refractivity contribution in [1.82, 2.24) is 9.88 Å². The normalized spacial score (nSPS) is 20.8. The fraction of sp³-hybridized carbons (Fsp3) is 0.562. The molecule has 0 saturated carbocycles. The van der Waals surface area contributed by atoms with Gasteiger partial charge in [-0.1, -0.05) is 0 Å². The highest BCUT2D eigenvalue weighted by atomic mass is 16.6. The molecule has 1 aromatic rings. The molecule has 116 valence electrons. The van der Waals surface area contributed by atoms with Gasteiger partial charge in [0.1, 0.15) is 6.07 Å². The molecule has 2 fully saturated rings. The zero-order valence-corrected chi connectivity index (χ0v) is 13.2. The zero-order chi connectivity index (χ0) is 16.0. The van der Waals surface area contributed by atoms with E-state index in [-0.39, 0.29) is 17.0 Å². The molecule has 1 aromatic heterocycles. The number of carbonyl (C=O) groups excluding carboxylic acids is 1. The Morgan fingerprint density at radius 3 is 2.73 bits per heavy atom. The Labute approximate surface area is 130 Å². The molecular weight excluding hydrogens is 280 g/mol. The van der Waals surface area contributed by atoms with Gasteiger partial charge >= 0.3 is 6.09 Å². The third-order valence-corrected chi connectivity index (χ3v) is 5.13.